The van der Waals surface area contributed by atoms with E-state index in [1.807, 2.05) is 63.2 Å². The second-order valence-corrected chi connectivity index (χ2v) is 5.17. The molecule has 0 spiro atoms. The Balaban J connectivity index is 1.94. The van der Waals surface area contributed by atoms with E-state index in [0.717, 1.165) is 11.3 Å². The molecule has 21 heavy (non-hydrogen) atoms. The zero-order valence-corrected chi connectivity index (χ0v) is 12.6. The van der Waals surface area contributed by atoms with Gasteiger partial charge in [-0.1, -0.05) is 30.3 Å². The Morgan fingerprint density at radius 2 is 1.67 bits per heavy atom. The predicted octanol–water partition coefficient (Wildman–Crippen LogP) is 3.51. The molecule has 0 aliphatic carbocycles. The summed E-state index contributed by atoms with van der Waals surface area (Å²) in [6.07, 6.45) is 1.72. The fraction of sp³-hybridized carbons (Fsp3) is 0.294. The van der Waals surface area contributed by atoms with Gasteiger partial charge in [0.1, 0.15) is 0 Å². The number of aryl methyl sites for hydroxylation is 1. The number of hydrogen-bond acceptors (Lipinski definition) is 2. The first kappa shape index (κ1) is 15.0. The first-order chi connectivity index (χ1) is 10.1. The Bertz CT molecular complexity index is 598. The van der Waals surface area contributed by atoms with Crippen LogP contribution in [0.1, 0.15) is 42.8 Å². The second-order valence-electron chi connectivity index (χ2n) is 5.17. The number of nitrogens with one attached hydrogen (secondary N) is 2. The van der Waals surface area contributed by atoms with Gasteiger partial charge in [-0.2, -0.15) is 0 Å². The fourth-order valence-corrected chi connectivity index (χ4v) is 2.29. The number of urea groups is 1. The van der Waals surface area contributed by atoms with E-state index in [9.17, 15) is 4.79 Å². The summed E-state index contributed by atoms with van der Waals surface area (Å²) in [6, 6.07) is 13.4. The lowest BCUT2D eigenvalue weighted by atomic mass is 10.0. The van der Waals surface area contributed by atoms with E-state index in [-0.39, 0.29) is 18.1 Å². The van der Waals surface area contributed by atoms with Gasteiger partial charge in [0, 0.05) is 6.20 Å². The molecule has 110 valence electrons. The minimum absolute atomic E-state index is 0.0397. The summed E-state index contributed by atoms with van der Waals surface area (Å²) in [7, 11) is 0. The summed E-state index contributed by atoms with van der Waals surface area (Å²) < 4.78 is 0. The van der Waals surface area contributed by atoms with Crippen LogP contribution in [-0.2, 0) is 0 Å². The van der Waals surface area contributed by atoms with E-state index < -0.39 is 0 Å². The lowest BCUT2D eigenvalue weighted by molar-refractivity contribution is 0.234. The van der Waals surface area contributed by atoms with Gasteiger partial charge < -0.3 is 10.6 Å². The number of aromatic nitrogens is 1. The summed E-state index contributed by atoms with van der Waals surface area (Å²) in [5.74, 6) is 0. The Kier molecular flexibility index (Phi) is 4.93. The van der Waals surface area contributed by atoms with Gasteiger partial charge in [-0.05, 0) is 44.0 Å². The number of benzene rings is 1. The van der Waals surface area contributed by atoms with Crippen LogP contribution in [0.5, 0.6) is 0 Å². The van der Waals surface area contributed by atoms with E-state index in [0.29, 0.717) is 0 Å². The smallest absolute Gasteiger partial charge is 0.315 e. The Morgan fingerprint density at radius 3 is 2.33 bits per heavy atom. The monoisotopic (exact) mass is 283 g/mol. The van der Waals surface area contributed by atoms with Crippen molar-refractivity contribution in [2.75, 3.05) is 0 Å². The van der Waals surface area contributed by atoms with Crippen molar-refractivity contribution in [3.63, 3.8) is 0 Å². The average molecular weight is 283 g/mol. The highest BCUT2D eigenvalue weighted by molar-refractivity contribution is 5.74. The molecule has 0 unspecified atom stereocenters. The van der Waals surface area contributed by atoms with Crippen LogP contribution >= 0.6 is 0 Å². The van der Waals surface area contributed by atoms with Crippen molar-refractivity contribution in [3.8, 4) is 0 Å². The van der Waals surface area contributed by atoms with Gasteiger partial charge in [0.05, 0.1) is 17.8 Å². The van der Waals surface area contributed by atoms with Gasteiger partial charge in [-0.25, -0.2) is 4.79 Å². The molecule has 0 bridgehead atoms. The van der Waals surface area contributed by atoms with Crippen molar-refractivity contribution in [2.45, 2.75) is 32.9 Å². The van der Waals surface area contributed by atoms with Crippen molar-refractivity contribution in [1.82, 2.24) is 15.6 Å². The summed E-state index contributed by atoms with van der Waals surface area (Å²) in [5, 5.41) is 5.86. The first-order valence-corrected chi connectivity index (χ1v) is 7.11. The Hall–Kier alpha value is -2.36. The first-order valence-electron chi connectivity index (χ1n) is 7.11. The van der Waals surface area contributed by atoms with Crippen molar-refractivity contribution < 1.29 is 4.79 Å². The molecule has 0 radical (unpaired) electrons. The maximum Gasteiger partial charge on any atom is 0.315 e. The molecule has 0 aliphatic rings. The highest BCUT2D eigenvalue weighted by atomic mass is 16.2. The fourth-order valence-electron chi connectivity index (χ4n) is 2.29. The SMILES string of the molecule is Cc1ccccc1[C@H](C)NC(=O)N[C@H](C)c1ccccn1. The van der Waals surface area contributed by atoms with Gasteiger partial charge in [-0.3, -0.25) is 4.98 Å². The van der Waals surface area contributed by atoms with Crippen LogP contribution in [0, 0.1) is 6.92 Å². The lowest BCUT2D eigenvalue weighted by Crippen LogP contribution is -2.38. The topological polar surface area (TPSA) is 54.0 Å². The summed E-state index contributed by atoms with van der Waals surface area (Å²) in [4.78, 5) is 16.3. The second kappa shape index (κ2) is 6.88. The van der Waals surface area contributed by atoms with E-state index in [1.165, 1.54) is 5.56 Å². The van der Waals surface area contributed by atoms with Crippen LogP contribution < -0.4 is 10.6 Å². The van der Waals surface area contributed by atoms with Crippen molar-refractivity contribution in [1.29, 1.82) is 0 Å². The molecule has 2 aromatic rings. The van der Waals surface area contributed by atoms with Gasteiger partial charge in [-0.15, -0.1) is 0 Å². The number of amides is 2. The number of nitrogens with zero attached hydrogens (tertiary/aromatic N) is 1. The van der Waals surface area contributed by atoms with Crippen molar-refractivity contribution >= 4 is 6.03 Å². The van der Waals surface area contributed by atoms with E-state index in [2.05, 4.69) is 15.6 Å². The maximum atomic E-state index is 12.1. The standard InChI is InChI=1S/C17H21N3O/c1-12-8-4-5-9-15(12)13(2)19-17(21)20-14(3)16-10-6-7-11-18-16/h4-11,13-14H,1-3H3,(H2,19,20,21)/t13-,14+/m0/s1. The zero-order valence-electron chi connectivity index (χ0n) is 12.6. The molecule has 2 amide bonds. The predicted molar refractivity (Wildman–Crippen MR) is 83.9 cm³/mol. The minimum Gasteiger partial charge on any atom is -0.332 e. The van der Waals surface area contributed by atoms with Gasteiger partial charge in [0.25, 0.3) is 0 Å². The molecule has 1 aromatic heterocycles. The quantitative estimate of drug-likeness (QED) is 0.902. The molecule has 2 N–H and O–H groups in total. The molecule has 0 saturated carbocycles. The van der Waals surface area contributed by atoms with Gasteiger partial charge >= 0.3 is 6.03 Å². The third kappa shape index (κ3) is 4.05. The molecule has 4 nitrogen and oxygen atoms in total. The van der Waals surface area contributed by atoms with E-state index in [1.54, 1.807) is 6.20 Å². The molecule has 0 saturated heterocycles. The van der Waals surface area contributed by atoms with Crippen LogP contribution in [0.4, 0.5) is 4.79 Å². The molecule has 1 heterocycles. The molecule has 4 heteroatoms. The average Bonchev–Trinajstić information content (AvgIpc) is 2.48. The van der Waals surface area contributed by atoms with Crippen LogP contribution in [0.2, 0.25) is 0 Å². The number of rotatable bonds is 4. The Morgan fingerprint density at radius 1 is 1.00 bits per heavy atom. The van der Waals surface area contributed by atoms with Crippen LogP contribution in [0.15, 0.2) is 48.7 Å². The minimum atomic E-state index is -0.191. The Labute approximate surface area is 125 Å². The molecular weight excluding hydrogens is 262 g/mol. The third-order valence-electron chi connectivity index (χ3n) is 3.48. The molecule has 0 fully saturated rings. The molecule has 2 rings (SSSR count). The van der Waals surface area contributed by atoms with E-state index >= 15 is 0 Å². The summed E-state index contributed by atoms with van der Waals surface area (Å²) in [6.45, 7) is 5.94. The number of carbonyl (C=O) groups excluding carboxylic acids is 1. The van der Waals surface area contributed by atoms with Crippen LogP contribution in [0.3, 0.4) is 0 Å². The summed E-state index contributed by atoms with van der Waals surface area (Å²) >= 11 is 0. The molecule has 2 atom stereocenters. The lowest BCUT2D eigenvalue weighted by Gasteiger charge is -2.19. The third-order valence-corrected chi connectivity index (χ3v) is 3.48. The zero-order chi connectivity index (χ0) is 15.2. The van der Waals surface area contributed by atoms with E-state index in [4.69, 9.17) is 0 Å². The normalized spacial score (nSPS) is 13.3. The highest BCUT2D eigenvalue weighted by Crippen LogP contribution is 2.16. The highest BCUT2D eigenvalue weighted by Gasteiger charge is 2.14. The number of pyridine rings is 1. The number of hydrogen-bond donors (Lipinski definition) is 2. The maximum absolute atomic E-state index is 12.1. The molecular formula is C17H21N3O. The van der Waals surface area contributed by atoms with Crippen molar-refractivity contribution in [3.05, 3.63) is 65.5 Å². The van der Waals surface area contributed by atoms with Crippen LogP contribution in [-0.4, -0.2) is 11.0 Å². The molecule has 1 aromatic carbocycles. The van der Waals surface area contributed by atoms with Crippen molar-refractivity contribution in [2.24, 2.45) is 0 Å². The van der Waals surface area contributed by atoms with Gasteiger partial charge in [0.15, 0.2) is 0 Å². The largest absolute Gasteiger partial charge is 0.332 e. The van der Waals surface area contributed by atoms with Gasteiger partial charge in [0.2, 0.25) is 0 Å². The number of carbonyl (C=O) groups is 1. The van der Waals surface area contributed by atoms with Crippen LogP contribution in [0.25, 0.3) is 0 Å². The molecule has 0 aliphatic heterocycles. The summed E-state index contributed by atoms with van der Waals surface area (Å²) in [5.41, 5.74) is 3.14.